The number of anilines is 4. The predicted molar refractivity (Wildman–Crippen MR) is 108 cm³/mol. The first-order valence-corrected chi connectivity index (χ1v) is 8.64. The van der Waals surface area contributed by atoms with Crippen LogP contribution in [-0.2, 0) is 0 Å². The van der Waals surface area contributed by atoms with Crippen molar-refractivity contribution in [2.24, 2.45) is 0 Å². The Balaban J connectivity index is 1.84. The fourth-order valence-corrected chi connectivity index (χ4v) is 2.68. The maximum absolute atomic E-state index is 5.40. The summed E-state index contributed by atoms with van der Waals surface area (Å²) in [7, 11) is 4.83. The average molecular weight is 381 g/mol. The van der Waals surface area contributed by atoms with E-state index in [0.29, 0.717) is 34.8 Å². The number of hydrogen-bond acceptors (Lipinski definition) is 8. The molecule has 0 amide bonds. The summed E-state index contributed by atoms with van der Waals surface area (Å²) in [4.78, 5) is 13.2. The van der Waals surface area contributed by atoms with Gasteiger partial charge in [0.05, 0.1) is 27.5 Å². The Morgan fingerprint density at radius 3 is 2.29 bits per heavy atom. The lowest BCUT2D eigenvalue weighted by Gasteiger charge is -2.14. The second-order valence-electron chi connectivity index (χ2n) is 6.09. The zero-order valence-electron chi connectivity index (χ0n) is 16.5. The molecule has 0 spiro atoms. The second kappa shape index (κ2) is 8.43. The van der Waals surface area contributed by atoms with E-state index in [9.17, 15) is 0 Å². The molecule has 0 aliphatic heterocycles. The van der Waals surface area contributed by atoms with Gasteiger partial charge in [0.15, 0.2) is 11.5 Å². The molecule has 2 aromatic heterocycles. The molecule has 0 bridgehead atoms. The highest BCUT2D eigenvalue weighted by molar-refractivity contribution is 5.64. The molecule has 8 nitrogen and oxygen atoms in total. The molecular weight excluding hydrogens is 358 g/mol. The molecule has 1 aromatic carbocycles. The molecule has 0 unspecified atom stereocenters. The first kappa shape index (κ1) is 19.2. The van der Waals surface area contributed by atoms with Crippen molar-refractivity contribution in [2.45, 2.75) is 13.8 Å². The number of nitrogens with one attached hydrogen (secondary N) is 2. The molecule has 0 aliphatic rings. The molecule has 0 atom stereocenters. The Kier molecular flexibility index (Phi) is 5.78. The number of rotatable bonds is 7. The second-order valence-corrected chi connectivity index (χ2v) is 6.09. The lowest BCUT2D eigenvalue weighted by Crippen LogP contribution is -2.04. The molecule has 28 heavy (non-hydrogen) atoms. The van der Waals surface area contributed by atoms with Gasteiger partial charge in [-0.3, -0.25) is 0 Å². The van der Waals surface area contributed by atoms with E-state index in [1.54, 1.807) is 33.7 Å². The number of aromatic nitrogens is 3. The van der Waals surface area contributed by atoms with E-state index < -0.39 is 0 Å². The van der Waals surface area contributed by atoms with Crippen molar-refractivity contribution in [3.05, 3.63) is 47.8 Å². The van der Waals surface area contributed by atoms with Crippen LogP contribution in [0.2, 0.25) is 0 Å². The Labute approximate surface area is 163 Å². The molecular formula is C20H23N5O3. The van der Waals surface area contributed by atoms with Crippen LogP contribution in [0.1, 0.15) is 11.1 Å². The van der Waals surface area contributed by atoms with E-state index >= 15 is 0 Å². The summed E-state index contributed by atoms with van der Waals surface area (Å²) in [6.45, 7) is 3.88. The van der Waals surface area contributed by atoms with Gasteiger partial charge in [0.2, 0.25) is 5.95 Å². The van der Waals surface area contributed by atoms with Gasteiger partial charge < -0.3 is 24.8 Å². The molecule has 0 saturated carbocycles. The van der Waals surface area contributed by atoms with E-state index in [2.05, 4.69) is 25.6 Å². The van der Waals surface area contributed by atoms with Gasteiger partial charge in [0, 0.05) is 23.5 Å². The van der Waals surface area contributed by atoms with Crippen molar-refractivity contribution >= 4 is 23.3 Å². The monoisotopic (exact) mass is 381 g/mol. The maximum atomic E-state index is 5.40. The van der Waals surface area contributed by atoms with Crippen LogP contribution >= 0.6 is 0 Å². The Bertz CT molecular complexity index is 961. The average Bonchev–Trinajstić information content (AvgIpc) is 2.70. The minimum atomic E-state index is 0.452. The van der Waals surface area contributed by atoms with Crippen molar-refractivity contribution in [3.8, 4) is 17.2 Å². The lowest BCUT2D eigenvalue weighted by molar-refractivity contribution is 0.353. The van der Waals surface area contributed by atoms with Crippen molar-refractivity contribution in [2.75, 3.05) is 32.0 Å². The number of aryl methyl sites for hydroxylation is 2. The van der Waals surface area contributed by atoms with Gasteiger partial charge in [-0.1, -0.05) is 0 Å². The summed E-state index contributed by atoms with van der Waals surface area (Å²) < 4.78 is 15.9. The smallest absolute Gasteiger partial charge is 0.229 e. The largest absolute Gasteiger partial charge is 0.495 e. The molecule has 0 fully saturated rings. The Hall–Kier alpha value is -3.55. The SMILES string of the molecule is COc1ccc(Nc2nc(Nc3cc(C)c(OC)c(OC)c3)ncc2C)nc1. The van der Waals surface area contributed by atoms with Crippen LogP contribution in [0.15, 0.2) is 36.7 Å². The topological polar surface area (TPSA) is 90.4 Å². The molecule has 8 heteroatoms. The van der Waals surface area contributed by atoms with Gasteiger partial charge in [-0.2, -0.15) is 4.98 Å². The highest BCUT2D eigenvalue weighted by Crippen LogP contribution is 2.34. The fraction of sp³-hybridized carbons (Fsp3) is 0.250. The van der Waals surface area contributed by atoms with Crippen LogP contribution in [0.4, 0.5) is 23.3 Å². The summed E-state index contributed by atoms with van der Waals surface area (Å²) in [6.07, 6.45) is 3.39. The summed E-state index contributed by atoms with van der Waals surface area (Å²) in [6, 6.07) is 7.44. The summed E-state index contributed by atoms with van der Waals surface area (Å²) in [5.41, 5.74) is 2.64. The first-order valence-electron chi connectivity index (χ1n) is 8.64. The molecule has 0 saturated heterocycles. The lowest BCUT2D eigenvalue weighted by atomic mass is 10.2. The molecule has 3 aromatic rings. The predicted octanol–water partition coefficient (Wildman–Crippen LogP) is 4.00. The number of ether oxygens (including phenoxy) is 3. The van der Waals surface area contributed by atoms with Gasteiger partial charge in [-0.05, 0) is 37.6 Å². The van der Waals surface area contributed by atoms with Crippen LogP contribution in [0, 0.1) is 13.8 Å². The molecule has 0 aliphatic carbocycles. The first-order chi connectivity index (χ1) is 13.5. The third-order valence-electron chi connectivity index (χ3n) is 4.11. The fourth-order valence-electron chi connectivity index (χ4n) is 2.68. The maximum Gasteiger partial charge on any atom is 0.229 e. The third-order valence-corrected chi connectivity index (χ3v) is 4.11. The minimum Gasteiger partial charge on any atom is -0.495 e. The molecule has 2 heterocycles. The zero-order chi connectivity index (χ0) is 20.1. The molecule has 3 rings (SSSR count). The van der Waals surface area contributed by atoms with E-state index in [0.717, 1.165) is 16.8 Å². The van der Waals surface area contributed by atoms with Crippen molar-refractivity contribution in [1.29, 1.82) is 0 Å². The quantitative estimate of drug-likeness (QED) is 0.635. The van der Waals surface area contributed by atoms with Gasteiger partial charge >= 0.3 is 0 Å². The van der Waals surface area contributed by atoms with Crippen molar-refractivity contribution in [1.82, 2.24) is 15.0 Å². The number of pyridine rings is 1. The van der Waals surface area contributed by atoms with E-state index in [1.807, 2.05) is 38.1 Å². The van der Waals surface area contributed by atoms with Gasteiger partial charge in [-0.15, -0.1) is 0 Å². The summed E-state index contributed by atoms with van der Waals surface area (Å²) in [5, 5.41) is 6.40. The number of benzene rings is 1. The number of hydrogen-bond donors (Lipinski definition) is 2. The Morgan fingerprint density at radius 1 is 0.821 bits per heavy atom. The highest BCUT2D eigenvalue weighted by Gasteiger charge is 2.11. The highest BCUT2D eigenvalue weighted by atomic mass is 16.5. The van der Waals surface area contributed by atoms with Gasteiger partial charge in [0.1, 0.15) is 17.4 Å². The van der Waals surface area contributed by atoms with Crippen LogP contribution in [0.25, 0.3) is 0 Å². The van der Waals surface area contributed by atoms with Crippen LogP contribution < -0.4 is 24.8 Å². The minimum absolute atomic E-state index is 0.452. The van der Waals surface area contributed by atoms with E-state index in [4.69, 9.17) is 14.2 Å². The number of methoxy groups -OCH3 is 3. The van der Waals surface area contributed by atoms with E-state index in [-0.39, 0.29) is 0 Å². The normalized spacial score (nSPS) is 10.3. The molecule has 2 N–H and O–H groups in total. The number of nitrogens with zero attached hydrogens (tertiary/aromatic N) is 3. The van der Waals surface area contributed by atoms with Gasteiger partial charge in [0.25, 0.3) is 0 Å². The standard InChI is InChI=1S/C20H23N5O3/c1-12-8-14(9-16(27-4)18(12)28-5)23-20-22-10-13(2)19(25-20)24-17-7-6-15(26-3)11-21-17/h6-11H,1-5H3,(H2,21,22,23,24,25). The van der Waals surface area contributed by atoms with Gasteiger partial charge in [-0.25, -0.2) is 9.97 Å². The summed E-state index contributed by atoms with van der Waals surface area (Å²) >= 11 is 0. The van der Waals surface area contributed by atoms with Crippen LogP contribution in [-0.4, -0.2) is 36.3 Å². The van der Waals surface area contributed by atoms with Crippen molar-refractivity contribution in [3.63, 3.8) is 0 Å². The van der Waals surface area contributed by atoms with Crippen LogP contribution in [0.5, 0.6) is 17.2 Å². The molecule has 0 radical (unpaired) electrons. The van der Waals surface area contributed by atoms with E-state index in [1.165, 1.54) is 0 Å². The zero-order valence-corrected chi connectivity index (χ0v) is 16.5. The summed E-state index contributed by atoms with van der Waals surface area (Å²) in [5.74, 6) is 3.80. The third kappa shape index (κ3) is 4.22. The Morgan fingerprint density at radius 2 is 1.64 bits per heavy atom. The van der Waals surface area contributed by atoms with Crippen LogP contribution in [0.3, 0.4) is 0 Å². The molecule has 146 valence electrons. The van der Waals surface area contributed by atoms with Crippen molar-refractivity contribution < 1.29 is 14.2 Å².